The number of carbonyl (C=O) groups is 2. The summed E-state index contributed by atoms with van der Waals surface area (Å²) < 4.78 is 21.2. The van der Waals surface area contributed by atoms with E-state index in [1.165, 1.54) is 23.5 Å². The highest BCUT2D eigenvalue weighted by Gasteiger charge is 2.22. The molecule has 0 spiro atoms. The number of amides is 2. The number of nitrogens with one attached hydrogen (secondary N) is 3. The number of H-pyrrole nitrogens is 1. The minimum Gasteiger partial charge on any atom is -0.444 e. The van der Waals surface area contributed by atoms with Gasteiger partial charge in [-0.25, -0.2) is 9.18 Å². The third-order valence-electron chi connectivity index (χ3n) is 4.08. The topological polar surface area (TPSA) is 101 Å². The molecule has 3 rings (SSSR count). The normalized spacial score (nSPS) is 12.3. The number of aromatic amines is 1. The Bertz CT molecular complexity index is 1150. The second-order valence-electron chi connectivity index (χ2n) is 7.69. The molecule has 1 atom stereocenters. The molecule has 0 bridgehead atoms. The summed E-state index contributed by atoms with van der Waals surface area (Å²) in [5, 5.41) is 13.9. The van der Waals surface area contributed by atoms with Crippen LogP contribution in [0, 0.1) is 10.6 Å². The van der Waals surface area contributed by atoms with Gasteiger partial charge < -0.3 is 10.1 Å². The summed E-state index contributed by atoms with van der Waals surface area (Å²) in [5.41, 5.74) is -0.540. The Hall–Kier alpha value is -3.05. The fraction of sp³-hybridized carbons (Fsp3) is 0.300. The van der Waals surface area contributed by atoms with Crippen molar-refractivity contribution in [2.24, 2.45) is 0 Å². The van der Waals surface area contributed by atoms with Crippen molar-refractivity contribution in [3.05, 3.63) is 46.3 Å². The number of halogens is 1. The number of thiophene rings is 1. The van der Waals surface area contributed by atoms with Gasteiger partial charge in [-0.05, 0) is 69.6 Å². The van der Waals surface area contributed by atoms with Gasteiger partial charge in [0.05, 0.1) is 10.6 Å². The second kappa shape index (κ2) is 8.98. The number of anilines is 2. The second-order valence-corrected chi connectivity index (χ2v) is 9.02. The van der Waals surface area contributed by atoms with Crippen LogP contribution in [0.5, 0.6) is 0 Å². The molecule has 3 N–H and O–H groups in total. The highest BCUT2D eigenvalue weighted by Crippen LogP contribution is 2.27. The monoisotopic (exact) mass is 463 g/mol. The van der Waals surface area contributed by atoms with Crippen molar-refractivity contribution in [1.29, 1.82) is 0 Å². The van der Waals surface area contributed by atoms with Crippen molar-refractivity contribution in [3.63, 3.8) is 0 Å². The van der Waals surface area contributed by atoms with Crippen LogP contribution in [0.4, 0.5) is 20.6 Å². The maximum atomic E-state index is 14.1. The van der Waals surface area contributed by atoms with E-state index < -0.39 is 23.6 Å². The molecule has 1 aromatic carbocycles. The fourth-order valence-corrected chi connectivity index (χ4v) is 3.72. The number of nitrogens with zero attached hydrogens (tertiary/aromatic N) is 2. The van der Waals surface area contributed by atoms with E-state index in [1.807, 2.05) is 17.5 Å². The molecule has 0 saturated carbocycles. The summed E-state index contributed by atoms with van der Waals surface area (Å²) >= 11 is 6.77. The van der Waals surface area contributed by atoms with Crippen molar-refractivity contribution >= 4 is 46.9 Å². The molecule has 0 aliphatic rings. The number of benzene rings is 1. The third-order valence-corrected chi connectivity index (χ3v) is 5.24. The maximum Gasteiger partial charge on any atom is 0.412 e. The van der Waals surface area contributed by atoms with E-state index in [0.717, 1.165) is 10.9 Å². The summed E-state index contributed by atoms with van der Waals surface area (Å²) in [6.45, 7) is 6.78. The number of hydrogen-bond acceptors (Lipinski definition) is 6. The van der Waals surface area contributed by atoms with E-state index in [4.69, 9.17) is 17.0 Å². The van der Waals surface area contributed by atoms with Gasteiger partial charge in [-0.15, -0.1) is 11.3 Å². The van der Waals surface area contributed by atoms with Gasteiger partial charge in [0.15, 0.2) is 10.6 Å². The zero-order valence-electron chi connectivity index (χ0n) is 17.4. The largest absolute Gasteiger partial charge is 0.444 e. The van der Waals surface area contributed by atoms with Gasteiger partial charge in [0.25, 0.3) is 0 Å². The van der Waals surface area contributed by atoms with Gasteiger partial charge in [0.2, 0.25) is 5.91 Å². The molecule has 2 amide bonds. The minimum atomic E-state index is -0.798. The van der Waals surface area contributed by atoms with Crippen LogP contribution in [0.15, 0.2) is 35.7 Å². The molecule has 2 heterocycles. The van der Waals surface area contributed by atoms with Gasteiger partial charge in [0.1, 0.15) is 17.5 Å². The number of hydrogen-bond donors (Lipinski definition) is 3. The molecule has 2 aromatic heterocycles. The Balaban J connectivity index is 1.78. The molecule has 8 nitrogen and oxygen atoms in total. The van der Waals surface area contributed by atoms with E-state index in [1.54, 1.807) is 32.3 Å². The summed E-state index contributed by atoms with van der Waals surface area (Å²) in [5.74, 6) is -0.492. The fourth-order valence-electron chi connectivity index (χ4n) is 2.72. The lowest BCUT2D eigenvalue weighted by molar-refractivity contribution is -0.118. The average Bonchev–Trinajstić information content (AvgIpc) is 3.31. The molecular formula is C20H22FN5O3S2. The molecule has 0 aliphatic heterocycles. The van der Waals surface area contributed by atoms with Crippen molar-refractivity contribution in [2.75, 3.05) is 10.6 Å². The Morgan fingerprint density at radius 2 is 2.03 bits per heavy atom. The number of rotatable bonds is 5. The van der Waals surface area contributed by atoms with Gasteiger partial charge in [-0.2, -0.15) is 5.10 Å². The Morgan fingerprint density at radius 3 is 2.68 bits per heavy atom. The smallest absolute Gasteiger partial charge is 0.412 e. The van der Waals surface area contributed by atoms with Crippen molar-refractivity contribution in [3.8, 4) is 10.7 Å². The van der Waals surface area contributed by atoms with Crippen molar-refractivity contribution in [1.82, 2.24) is 14.8 Å². The molecule has 11 heteroatoms. The zero-order valence-corrected chi connectivity index (χ0v) is 19.0. The highest BCUT2D eigenvalue weighted by molar-refractivity contribution is 7.71. The molecule has 3 aromatic rings. The molecule has 0 saturated heterocycles. The molecular weight excluding hydrogens is 441 g/mol. The Labute approximate surface area is 187 Å². The first kappa shape index (κ1) is 22.6. The quantitative estimate of drug-likeness (QED) is 0.443. The summed E-state index contributed by atoms with van der Waals surface area (Å²) in [6, 6.07) is 6.92. The average molecular weight is 464 g/mol. The maximum absolute atomic E-state index is 14.1. The van der Waals surface area contributed by atoms with E-state index in [0.29, 0.717) is 16.3 Å². The van der Waals surface area contributed by atoms with Crippen LogP contribution >= 0.6 is 23.6 Å². The van der Waals surface area contributed by atoms with Crippen LogP contribution in [0.25, 0.3) is 10.7 Å². The standard InChI is InChI=1S/C20H22FN5O3S2/c1-11(26-16(24-25-18(26)30)15-6-5-9-31-15)17(27)22-12-7-8-13(21)14(10-12)23-19(28)29-20(2,3)4/h5-11H,1-4H3,(H,22,27)(H,23,28)(H,25,30). The van der Waals surface area contributed by atoms with Crippen molar-refractivity contribution in [2.45, 2.75) is 39.3 Å². The first-order valence-electron chi connectivity index (χ1n) is 9.36. The molecule has 0 fully saturated rings. The SMILES string of the molecule is CC(C(=O)Nc1ccc(F)c(NC(=O)OC(C)(C)C)c1)n1c(-c2cccs2)n[nH]c1=S. The molecule has 0 aliphatic carbocycles. The highest BCUT2D eigenvalue weighted by atomic mass is 32.1. The zero-order chi connectivity index (χ0) is 22.8. The van der Waals surface area contributed by atoms with Crippen LogP contribution in [0.1, 0.15) is 33.7 Å². The van der Waals surface area contributed by atoms with Gasteiger partial charge in [-0.1, -0.05) is 6.07 Å². The lowest BCUT2D eigenvalue weighted by atomic mass is 10.2. The summed E-state index contributed by atoms with van der Waals surface area (Å²) in [4.78, 5) is 25.7. The molecule has 1 unspecified atom stereocenters. The Kier molecular flexibility index (Phi) is 6.56. The van der Waals surface area contributed by atoms with Crippen molar-refractivity contribution < 1.29 is 18.7 Å². The minimum absolute atomic E-state index is 0.112. The number of ether oxygens (including phenoxy) is 1. The van der Waals surface area contributed by atoms with E-state index in [2.05, 4.69) is 20.8 Å². The predicted molar refractivity (Wildman–Crippen MR) is 120 cm³/mol. The Morgan fingerprint density at radius 1 is 1.29 bits per heavy atom. The summed E-state index contributed by atoms with van der Waals surface area (Å²) in [7, 11) is 0. The van der Waals surface area contributed by atoms with Gasteiger partial charge in [0, 0.05) is 5.69 Å². The van der Waals surface area contributed by atoms with Crippen LogP contribution in [-0.2, 0) is 9.53 Å². The third kappa shape index (κ3) is 5.56. The lowest BCUT2D eigenvalue weighted by Crippen LogP contribution is -2.27. The molecule has 164 valence electrons. The van der Waals surface area contributed by atoms with E-state index >= 15 is 0 Å². The van der Waals surface area contributed by atoms with Crippen LogP contribution in [-0.4, -0.2) is 32.4 Å². The number of aromatic nitrogens is 3. The number of carbonyl (C=O) groups excluding carboxylic acids is 2. The van der Waals surface area contributed by atoms with Crippen LogP contribution in [0.3, 0.4) is 0 Å². The summed E-state index contributed by atoms with van der Waals surface area (Å²) in [6.07, 6.45) is -0.798. The van der Waals surface area contributed by atoms with E-state index in [9.17, 15) is 14.0 Å². The molecule has 0 radical (unpaired) electrons. The van der Waals surface area contributed by atoms with E-state index in [-0.39, 0.29) is 11.6 Å². The van der Waals surface area contributed by atoms with Gasteiger partial charge >= 0.3 is 6.09 Å². The molecule has 31 heavy (non-hydrogen) atoms. The predicted octanol–water partition coefficient (Wildman–Crippen LogP) is 5.35. The van der Waals surface area contributed by atoms with Gasteiger partial charge in [-0.3, -0.25) is 19.8 Å². The lowest BCUT2D eigenvalue weighted by Gasteiger charge is -2.20. The first-order chi connectivity index (χ1) is 14.5. The van der Waals surface area contributed by atoms with Crippen LogP contribution < -0.4 is 10.6 Å². The first-order valence-corrected chi connectivity index (χ1v) is 10.6. The van der Waals surface area contributed by atoms with Crippen LogP contribution in [0.2, 0.25) is 0 Å².